The molecule has 3 nitrogen and oxygen atoms in total. The summed E-state index contributed by atoms with van der Waals surface area (Å²) in [6, 6.07) is 8.86. The maximum absolute atomic E-state index is 12.6. The van der Waals surface area contributed by atoms with Crippen LogP contribution in [-0.4, -0.2) is 17.9 Å². The van der Waals surface area contributed by atoms with E-state index in [4.69, 9.17) is 4.74 Å². The van der Waals surface area contributed by atoms with Crippen molar-refractivity contribution in [2.75, 3.05) is 0 Å². The van der Waals surface area contributed by atoms with Crippen LogP contribution in [0, 0.1) is 5.41 Å². The molecule has 1 aliphatic heterocycles. The number of Topliss-reactive ketones (excluding diaryl/α,β-unsaturated/α-hetero) is 1. The van der Waals surface area contributed by atoms with Gasteiger partial charge in [0.05, 0.1) is 0 Å². The first kappa shape index (κ1) is 12.6. The Morgan fingerprint density at radius 3 is 2.44 bits per heavy atom. The van der Waals surface area contributed by atoms with E-state index in [1.807, 2.05) is 13.0 Å². The van der Waals surface area contributed by atoms with E-state index in [2.05, 4.69) is 6.58 Å². The van der Waals surface area contributed by atoms with Gasteiger partial charge < -0.3 is 4.74 Å². The highest BCUT2D eigenvalue weighted by Crippen LogP contribution is 2.44. The monoisotopic (exact) mass is 244 g/mol. The van der Waals surface area contributed by atoms with Crippen LogP contribution < -0.4 is 0 Å². The molecule has 0 unspecified atom stereocenters. The van der Waals surface area contributed by atoms with Gasteiger partial charge in [-0.2, -0.15) is 0 Å². The minimum absolute atomic E-state index is 0.171. The van der Waals surface area contributed by atoms with Gasteiger partial charge in [0.2, 0.25) is 0 Å². The van der Waals surface area contributed by atoms with Crippen LogP contribution in [0.1, 0.15) is 30.6 Å². The van der Waals surface area contributed by atoms with Crippen LogP contribution in [0.3, 0.4) is 0 Å². The second-order valence-electron chi connectivity index (χ2n) is 4.85. The van der Waals surface area contributed by atoms with Crippen molar-refractivity contribution in [2.45, 2.75) is 26.4 Å². The minimum Gasteiger partial charge on any atom is -0.460 e. The zero-order valence-corrected chi connectivity index (χ0v) is 10.6. The lowest BCUT2D eigenvalue weighted by Gasteiger charge is -2.44. The van der Waals surface area contributed by atoms with E-state index in [-0.39, 0.29) is 5.78 Å². The van der Waals surface area contributed by atoms with Crippen LogP contribution >= 0.6 is 0 Å². The number of carbonyl (C=O) groups is 2. The van der Waals surface area contributed by atoms with Gasteiger partial charge in [-0.1, -0.05) is 35.9 Å². The Morgan fingerprint density at radius 2 is 2.00 bits per heavy atom. The Morgan fingerprint density at radius 1 is 1.39 bits per heavy atom. The second-order valence-corrected chi connectivity index (χ2v) is 4.85. The van der Waals surface area contributed by atoms with Crippen molar-refractivity contribution in [3.8, 4) is 0 Å². The molecule has 0 radical (unpaired) electrons. The van der Waals surface area contributed by atoms with E-state index in [1.54, 1.807) is 31.2 Å². The Hall–Kier alpha value is -1.90. The largest absolute Gasteiger partial charge is 0.460 e. The molecule has 0 bridgehead atoms. The van der Waals surface area contributed by atoms with Gasteiger partial charge in [0, 0.05) is 5.56 Å². The van der Waals surface area contributed by atoms with Gasteiger partial charge in [0.25, 0.3) is 0 Å². The Kier molecular flexibility index (Phi) is 3.07. The van der Waals surface area contributed by atoms with Crippen LogP contribution in [0.2, 0.25) is 0 Å². The number of ketones is 1. The third-order valence-electron chi connectivity index (χ3n) is 3.36. The van der Waals surface area contributed by atoms with Crippen LogP contribution in [0.25, 0.3) is 0 Å². The summed E-state index contributed by atoms with van der Waals surface area (Å²) in [6.07, 6.45) is -0.0461. The molecule has 2 rings (SSSR count). The average molecular weight is 244 g/mol. The molecular formula is C15H16O3. The third kappa shape index (κ3) is 1.76. The molecule has 1 heterocycles. The maximum Gasteiger partial charge on any atom is 0.324 e. The van der Waals surface area contributed by atoms with Gasteiger partial charge >= 0.3 is 5.97 Å². The highest BCUT2D eigenvalue weighted by atomic mass is 16.6. The molecule has 1 fully saturated rings. The maximum atomic E-state index is 12.6. The molecule has 3 heteroatoms. The number of ether oxygens (including phenoxy) is 1. The SMILES string of the molecule is C=C(C)C[C@]1(C(=O)c2ccccc2)C(=O)O[C@H]1C. The third-order valence-corrected chi connectivity index (χ3v) is 3.36. The second kappa shape index (κ2) is 4.41. The molecule has 0 aliphatic carbocycles. The summed E-state index contributed by atoms with van der Waals surface area (Å²) in [6.45, 7) is 7.38. The molecule has 0 amide bonds. The number of esters is 1. The summed E-state index contributed by atoms with van der Waals surface area (Å²) >= 11 is 0. The van der Waals surface area contributed by atoms with Crippen LogP contribution in [0.4, 0.5) is 0 Å². The molecule has 0 saturated carbocycles. The van der Waals surface area contributed by atoms with Crippen molar-refractivity contribution < 1.29 is 14.3 Å². The van der Waals surface area contributed by atoms with Gasteiger partial charge in [-0.05, 0) is 20.3 Å². The van der Waals surface area contributed by atoms with E-state index in [0.717, 1.165) is 5.57 Å². The molecule has 94 valence electrons. The molecule has 0 aromatic heterocycles. The highest BCUT2D eigenvalue weighted by Gasteiger charge is 2.61. The van der Waals surface area contributed by atoms with E-state index < -0.39 is 17.5 Å². The highest BCUT2D eigenvalue weighted by molar-refractivity contribution is 6.15. The lowest BCUT2D eigenvalue weighted by atomic mass is 9.68. The molecule has 1 aromatic rings. The number of carbonyl (C=O) groups excluding carboxylic acids is 2. The molecular weight excluding hydrogens is 228 g/mol. The fourth-order valence-corrected chi connectivity index (χ4v) is 2.37. The lowest BCUT2D eigenvalue weighted by molar-refractivity contribution is -0.194. The molecule has 18 heavy (non-hydrogen) atoms. The topological polar surface area (TPSA) is 43.4 Å². The van der Waals surface area contributed by atoms with Crippen molar-refractivity contribution in [1.29, 1.82) is 0 Å². The Balaban J connectivity index is 2.40. The van der Waals surface area contributed by atoms with Crippen LogP contribution in [0.15, 0.2) is 42.5 Å². The fourth-order valence-electron chi connectivity index (χ4n) is 2.37. The van der Waals surface area contributed by atoms with Crippen molar-refractivity contribution in [3.63, 3.8) is 0 Å². The number of hydrogen-bond acceptors (Lipinski definition) is 3. The molecule has 1 aliphatic rings. The van der Waals surface area contributed by atoms with Gasteiger partial charge in [0.1, 0.15) is 6.10 Å². The predicted octanol–water partition coefficient (Wildman–Crippen LogP) is 2.77. The summed E-state index contributed by atoms with van der Waals surface area (Å²) in [4.78, 5) is 24.4. The van der Waals surface area contributed by atoms with Crippen molar-refractivity contribution in [2.24, 2.45) is 5.41 Å². The summed E-state index contributed by atoms with van der Waals surface area (Å²) < 4.78 is 5.00. The first-order valence-electron chi connectivity index (χ1n) is 5.94. The fraction of sp³-hybridized carbons (Fsp3) is 0.333. The number of rotatable bonds is 4. The van der Waals surface area contributed by atoms with Gasteiger partial charge in [-0.15, -0.1) is 6.58 Å². The Labute approximate surface area is 106 Å². The Bertz CT molecular complexity index is 504. The summed E-state index contributed by atoms with van der Waals surface area (Å²) in [5, 5.41) is 0. The first-order chi connectivity index (χ1) is 8.48. The van der Waals surface area contributed by atoms with E-state index in [9.17, 15) is 9.59 Å². The van der Waals surface area contributed by atoms with Gasteiger partial charge in [-0.3, -0.25) is 9.59 Å². The first-order valence-corrected chi connectivity index (χ1v) is 5.94. The van der Waals surface area contributed by atoms with Crippen LogP contribution in [-0.2, 0) is 9.53 Å². The zero-order valence-electron chi connectivity index (χ0n) is 10.6. The van der Waals surface area contributed by atoms with Crippen molar-refractivity contribution >= 4 is 11.8 Å². The number of benzene rings is 1. The smallest absolute Gasteiger partial charge is 0.324 e. The summed E-state index contributed by atoms with van der Waals surface area (Å²) in [5.74, 6) is -0.610. The number of allylic oxidation sites excluding steroid dienone is 1. The number of cyclic esters (lactones) is 1. The van der Waals surface area contributed by atoms with E-state index >= 15 is 0 Å². The lowest BCUT2D eigenvalue weighted by Crippen LogP contribution is -2.60. The summed E-state index contributed by atoms with van der Waals surface area (Å²) in [5.41, 5.74) is 0.276. The van der Waals surface area contributed by atoms with Crippen LogP contribution in [0.5, 0.6) is 0 Å². The van der Waals surface area contributed by atoms with E-state index in [1.165, 1.54) is 0 Å². The predicted molar refractivity (Wildman–Crippen MR) is 68.2 cm³/mol. The molecule has 0 N–H and O–H groups in total. The standard InChI is InChI=1S/C15H16O3/c1-10(2)9-15(11(3)18-14(15)17)13(16)12-7-5-4-6-8-12/h4-8,11H,1,9H2,2-3H3/t11-,15-/m0/s1. The minimum atomic E-state index is -1.08. The van der Waals surface area contributed by atoms with Crippen molar-refractivity contribution in [1.82, 2.24) is 0 Å². The molecule has 1 aromatic carbocycles. The van der Waals surface area contributed by atoms with E-state index in [0.29, 0.717) is 12.0 Å². The molecule has 1 saturated heterocycles. The van der Waals surface area contributed by atoms with Gasteiger partial charge in [0.15, 0.2) is 11.2 Å². The quantitative estimate of drug-likeness (QED) is 0.354. The summed E-state index contributed by atoms with van der Waals surface area (Å²) in [7, 11) is 0. The van der Waals surface area contributed by atoms with Crippen molar-refractivity contribution in [3.05, 3.63) is 48.0 Å². The van der Waals surface area contributed by atoms with Gasteiger partial charge in [-0.25, -0.2) is 0 Å². The normalized spacial score (nSPS) is 26.1. The molecule has 2 atom stereocenters. The molecule has 0 spiro atoms. The average Bonchev–Trinajstić information content (AvgIpc) is 2.36. The zero-order chi connectivity index (χ0) is 13.3. The number of hydrogen-bond donors (Lipinski definition) is 0.